The van der Waals surface area contributed by atoms with Crippen molar-refractivity contribution in [2.75, 3.05) is 32.6 Å². The van der Waals surface area contributed by atoms with Gasteiger partial charge in [0.2, 0.25) is 5.65 Å². The Balaban J connectivity index is 1.43. The Hall–Kier alpha value is -3.95. The molecule has 0 saturated heterocycles. The molecule has 4 rings (SSSR count). The van der Waals surface area contributed by atoms with Crippen LogP contribution in [-0.4, -0.2) is 57.8 Å². The van der Waals surface area contributed by atoms with Crippen molar-refractivity contribution in [2.45, 2.75) is 19.8 Å². The van der Waals surface area contributed by atoms with Crippen molar-refractivity contribution in [2.24, 2.45) is 0 Å². The second-order valence-electron chi connectivity index (χ2n) is 7.19. The van der Waals surface area contributed by atoms with Gasteiger partial charge in [0.1, 0.15) is 5.82 Å². The maximum Gasteiger partial charge on any atom is 0.251 e. The summed E-state index contributed by atoms with van der Waals surface area (Å²) >= 11 is 0. The van der Waals surface area contributed by atoms with E-state index in [9.17, 15) is 4.79 Å². The molecule has 10 heteroatoms. The van der Waals surface area contributed by atoms with Gasteiger partial charge in [0, 0.05) is 43.2 Å². The van der Waals surface area contributed by atoms with Gasteiger partial charge < -0.3 is 20.1 Å². The number of aromatic nitrogens is 5. The number of hydrogen-bond acceptors (Lipinski definition) is 8. The molecule has 0 bridgehead atoms. The van der Waals surface area contributed by atoms with Gasteiger partial charge in [0.05, 0.1) is 25.3 Å². The number of unbranched alkanes of at least 4 members (excludes halogenated alkanes) is 1. The molecular weight excluding hydrogens is 410 g/mol. The van der Waals surface area contributed by atoms with Crippen molar-refractivity contribution in [1.82, 2.24) is 29.9 Å². The van der Waals surface area contributed by atoms with Crippen LogP contribution in [0.3, 0.4) is 0 Å². The second kappa shape index (κ2) is 9.46. The molecule has 0 aliphatic heterocycles. The van der Waals surface area contributed by atoms with E-state index in [1.54, 1.807) is 38.7 Å². The van der Waals surface area contributed by atoms with Gasteiger partial charge in [-0.2, -0.15) is 0 Å². The second-order valence-corrected chi connectivity index (χ2v) is 7.19. The van der Waals surface area contributed by atoms with Crippen molar-refractivity contribution in [3.63, 3.8) is 0 Å². The molecular formula is C22H25N7O3. The lowest BCUT2D eigenvalue weighted by atomic mass is 10.2. The first kappa shape index (κ1) is 21.3. The van der Waals surface area contributed by atoms with Gasteiger partial charge >= 0.3 is 0 Å². The van der Waals surface area contributed by atoms with Gasteiger partial charge in [-0.05, 0) is 31.9 Å². The highest BCUT2D eigenvalue weighted by molar-refractivity contribution is 5.93. The minimum Gasteiger partial charge on any atom is -0.493 e. The first-order valence-corrected chi connectivity index (χ1v) is 10.3. The monoisotopic (exact) mass is 435 g/mol. The van der Waals surface area contributed by atoms with Gasteiger partial charge in [-0.15, -0.1) is 10.2 Å². The Bertz CT molecular complexity index is 1240. The smallest absolute Gasteiger partial charge is 0.251 e. The van der Waals surface area contributed by atoms with Crippen LogP contribution in [0.15, 0.2) is 36.7 Å². The van der Waals surface area contributed by atoms with Crippen molar-refractivity contribution in [3.8, 4) is 11.5 Å². The Kier molecular flexibility index (Phi) is 6.29. The number of nitrogens with one attached hydrogen (secondary N) is 2. The number of fused-ring (bicyclic) bond motifs is 3. The van der Waals surface area contributed by atoms with E-state index in [-0.39, 0.29) is 5.91 Å². The first-order valence-electron chi connectivity index (χ1n) is 10.3. The Morgan fingerprint density at radius 3 is 2.50 bits per heavy atom. The molecule has 0 aliphatic carbocycles. The maximum absolute atomic E-state index is 12.1. The largest absolute Gasteiger partial charge is 0.493 e. The van der Waals surface area contributed by atoms with Crippen LogP contribution in [0, 0.1) is 6.92 Å². The normalized spacial score (nSPS) is 11.0. The van der Waals surface area contributed by atoms with Crippen LogP contribution in [0.25, 0.3) is 16.7 Å². The number of anilines is 1. The van der Waals surface area contributed by atoms with Crippen LogP contribution in [-0.2, 0) is 0 Å². The molecule has 0 radical (unpaired) electrons. The number of nitrogens with zero attached hydrogens (tertiary/aromatic N) is 5. The number of benzene rings is 1. The molecule has 1 amide bonds. The summed E-state index contributed by atoms with van der Waals surface area (Å²) in [6, 6.07) is 7.10. The molecule has 0 spiro atoms. The summed E-state index contributed by atoms with van der Waals surface area (Å²) in [5.74, 6) is 2.52. The summed E-state index contributed by atoms with van der Waals surface area (Å²) in [7, 11) is 3.20. The van der Waals surface area contributed by atoms with Gasteiger partial charge in [-0.3, -0.25) is 14.2 Å². The zero-order valence-corrected chi connectivity index (χ0v) is 18.3. The minimum absolute atomic E-state index is 0.0958. The highest BCUT2D eigenvalue weighted by Crippen LogP contribution is 2.33. The standard InChI is InChI=1S/C22H25N7O3/c1-14-27-28-21-20(24-8-4-5-9-25-22(30)15-6-10-23-11-7-15)26-16-12-18(31-2)19(32-3)13-17(16)29(14)21/h6-7,10-13H,4-5,8-9H2,1-3H3,(H,24,26)(H,25,30). The van der Waals surface area contributed by atoms with Crippen molar-refractivity contribution >= 4 is 28.4 Å². The predicted molar refractivity (Wildman–Crippen MR) is 120 cm³/mol. The molecule has 0 fully saturated rings. The Labute approximate surface area is 185 Å². The molecule has 0 atom stereocenters. The fourth-order valence-electron chi connectivity index (χ4n) is 3.48. The molecule has 4 aromatic rings. The van der Waals surface area contributed by atoms with Gasteiger partial charge in [0.25, 0.3) is 5.91 Å². The number of methoxy groups -OCH3 is 2. The molecule has 2 N–H and O–H groups in total. The molecule has 0 unspecified atom stereocenters. The number of hydrogen-bond donors (Lipinski definition) is 2. The highest BCUT2D eigenvalue weighted by Gasteiger charge is 2.16. The molecule has 32 heavy (non-hydrogen) atoms. The third-order valence-corrected chi connectivity index (χ3v) is 5.11. The van der Waals surface area contributed by atoms with E-state index >= 15 is 0 Å². The average molecular weight is 435 g/mol. The number of pyridine rings is 1. The number of carbonyl (C=O) groups is 1. The van der Waals surface area contributed by atoms with Gasteiger partial charge in [-0.1, -0.05) is 0 Å². The summed E-state index contributed by atoms with van der Waals surface area (Å²) in [4.78, 5) is 20.7. The van der Waals surface area contributed by atoms with E-state index < -0.39 is 0 Å². The molecule has 10 nitrogen and oxygen atoms in total. The predicted octanol–water partition coefficient (Wildman–Crippen LogP) is 2.62. The maximum atomic E-state index is 12.1. The lowest BCUT2D eigenvalue weighted by Gasteiger charge is -2.13. The van der Waals surface area contributed by atoms with E-state index in [4.69, 9.17) is 14.5 Å². The molecule has 3 aromatic heterocycles. The van der Waals surface area contributed by atoms with Crippen LogP contribution in [0.2, 0.25) is 0 Å². The van der Waals surface area contributed by atoms with E-state index in [1.807, 2.05) is 23.5 Å². The number of rotatable bonds is 9. The van der Waals surface area contributed by atoms with Crippen LogP contribution in [0.1, 0.15) is 29.0 Å². The van der Waals surface area contributed by atoms with Gasteiger partial charge in [0.15, 0.2) is 17.3 Å². The Morgan fingerprint density at radius 2 is 1.75 bits per heavy atom. The summed E-state index contributed by atoms with van der Waals surface area (Å²) in [5.41, 5.74) is 2.83. The summed E-state index contributed by atoms with van der Waals surface area (Å²) in [5, 5.41) is 14.8. The summed E-state index contributed by atoms with van der Waals surface area (Å²) in [6.45, 7) is 3.16. The number of amides is 1. The number of ether oxygens (including phenoxy) is 2. The van der Waals surface area contributed by atoms with Crippen LogP contribution >= 0.6 is 0 Å². The summed E-state index contributed by atoms with van der Waals surface area (Å²) in [6.07, 6.45) is 4.88. The summed E-state index contributed by atoms with van der Waals surface area (Å²) < 4.78 is 12.8. The lowest BCUT2D eigenvalue weighted by Crippen LogP contribution is -2.24. The molecule has 1 aromatic carbocycles. The number of carbonyl (C=O) groups excluding carboxylic acids is 1. The van der Waals surface area contributed by atoms with E-state index in [1.165, 1.54) is 0 Å². The zero-order chi connectivity index (χ0) is 22.5. The van der Waals surface area contributed by atoms with Crippen LogP contribution in [0.4, 0.5) is 5.82 Å². The molecule has 0 aliphatic rings. The minimum atomic E-state index is -0.0958. The molecule has 166 valence electrons. The quantitative estimate of drug-likeness (QED) is 0.386. The number of aryl methyl sites for hydroxylation is 1. The van der Waals surface area contributed by atoms with Crippen molar-refractivity contribution < 1.29 is 14.3 Å². The SMILES string of the molecule is COc1cc2nc(NCCCCNC(=O)c3ccncc3)c3nnc(C)n3c2cc1OC. The van der Waals surface area contributed by atoms with Crippen LogP contribution in [0.5, 0.6) is 11.5 Å². The van der Waals surface area contributed by atoms with Crippen molar-refractivity contribution in [1.29, 1.82) is 0 Å². The first-order chi connectivity index (χ1) is 15.6. The third kappa shape index (κ3) is 4.25. The lowest BCUT2D eigenvalue weighted by molar-refractivity contribution is 0.0953. The van der Waals surface area contributed by atoms with Gasteiger partial charge in [-0.25, -0.2) is 4.98 Å². The highest BCUT2D eigenvalue weighted by atomic mass is 16.5. The van der Waals surface area contributed by atoms with E-state index in [0.29, 0.717) is 41.6 Å². The molecule has 3 heterocycles. The van der Waals surface area contributed by atoms with E-state index in [2.05, 4.69) is 25.8 Å². The topological polar surface area (TPSA) is 116 Å². The fourth-order valence-corrected chi connectivity index (χ4v) is 3.48. The van der Waals surface area contributed by atoms with E-state index in [0.717, 1.165) is 29.7 Å². The van der Waals surface area contributed by atoms with Crippen molar-refractivity contribution in [3.05, 3.63) is 48.0 Å². The Morgan fingerprint density at radius 1 is 1.03 bits per heavy atom. The fraction of sp³-hybridized carbons (Fsp3) is 0.318. The zero-order valence-electron chi connectivity index (χ0n) is 18.3. The average Bonchev–Trinajstić information content (AvgIpc) is 3.22. The van der Waals surface area contributed by atoms with Crippen LogP contribution < -0.4 is 20.1 Å². The third-order valence-electron chi connectivity index (χ3n) is 5.11. The molecule has 0 saturated carbocycles.